The third-order valence-corrected chi connectivity index (χ3v) is 5.45. The summed E-state index contributed by atoms with van der Waals surface area (Å²) in [6, 6.07) is 7.82. The van der Waals surface area contributed by atoms with Crippen molar-refractivity contribution in [3.63, 3.8) is 0 Å². The van der Waals surface area contributed by atoms with Crippen LogP contribution in [0.1, 0.15) is 31.7 Å². The number of aryl methyl sites for hydroxylation is 1. The second-order valence-corrected chi connectivity index (χ2v) is 7.13. The van der Waals surface area contributed by atoms with Gasteiger partial charge in [-0.15, -0.1) is 0 Å². The minimum absolute atomic E-state index is 0.208. The zero-order valence-electron chi connectivity index (χ0n) is 11.4. The summed E-state index contributed by atoms with van der Waals surface area (Å²) in [5.41, 5.74) is 1.18. The van der Waals surface area contributed by atoms with Gasteiger partial charge in [0.25, 0.3) is 0 Å². The van der Waals surface area contributed by atoms with Crippen molar-refractivity contribution in [2.45, 2.75) is 56.0 Å². The number of hydrogen-bond acceptors (Lipinski definition) is 3. The number of ether oxygens (including phenoxy) is 2. The Kier molecular flexibility index (Phi) is 3.50. The van der Waals surface area contributed by atoms with Gasteiger partial charge >= 0.3 is 0 Å². The quantitative estimate of drug-likeness (QED) is 0.854. The minimum Gasteiger partial charge on any atom is -0.343 e. The lowest BCUT2D eigenvalue weighted by atomic mass is 10.2. The Morgan fingerprint density at radius 1 is 1.21 bits per heavy atom. The summed E-state index contributed by atoms with van der Waals surface area (Å²) >= 11 is 0. The summed E-state index contributed by atoms with van der Waals surface area (Å²) in [6.45, 7) is 3.94. The van der Waals surface area contributed by atoms with Gasteiger partial charge in [0.15, 0.2) is 5.79 Å². The monoisotopic (exact) mass is 280 g/mol. The molecule has 4 heteroatoms. The van der Waals surface area contributed by atoms with Gasteiger partial charge in [-0.1, -0.05) is 17.7 Å². The molecule has 0 radical (unpaired) electrons. The van der Waals surface area contributed by atoms with Gasteiger partial charge in [-0.25, -0.2) is 0 Å². The van der Waals surface area contributed by atoms with Crippen LogP contribution < -0.4 is 0 Å². The van der Waals surface area contributed by atoms with Crippen molar-refractivity contribution in [1.29, 1.82) is 0 Å². The first-order valence-corrected chi connectivity index (χ1v) is 8.18. The predicted molar refractivity (Wildman–Crippen MR) is 74.5 cm³/mol. The van der Waals surface area contributed by atoms with Gasteiger partial charge in [0.05, 0.1) is 28.8 Å². The molecule has 1 heterocycles. The molecule has 1 saturated heterocycles. The van der Waals surface area contributed by atoms with Gasteiger partial charge < -0.3 is 9.47 Å². The molecular weight excluding hydrogens is 260 g/mol. The summed E-state index contributed by atoms with van der Waals surface area (Å²) in [7, 11) is -1.08. The maximum absolute atomic E-state index is 12.4. The third-order valence-electron chi connectivity index (χ3n) is 3.87. The van der Waals surface area contributed by atoms with E-state index in [2.05, 4.69) is 0 Å². The number of fused-ring (bicyclic) bond motifs is 1. The highest BCUT2D eigenvalue weighted by Gasteiger charge is 2.47. The van der Waals surface area contributed by atoms with E-state index in [9.17, 15) is 4.21 Å². The molecule has 1 aromatic rings. The van der Waals surface area contributed by atoms with E-state index in [4.69, 9.17) is 9.47 Å². The largest absolute Gasteiger partial charge is 0.343 e. The molecule has 1 aliphatic heterocycles. The standard InChI is InChI=1S/C15H20O3S/c1-11-6-8-12(9-7-11)19(16)10-15(2)17-13-4-3-5-14(13)18-15/h6-9,13-14H,3-5,10H2,1-2H3/t13-,14+,15?,19-/m1/s1. The summed E-state index contributed by atoms with van der Waals surface area (Å²) in [5, 5.41) is 0. The molecule has 1 unspecified atom stereocenters. The Balaban J connectivity index is 1.68. The smallest absolute Gasteiger partial charge is 0.178 e. The van der Waals surface area contributed by atoms with E-state index in [1.807, 2.05) is 38.1 Å². The number of hydrogen-bond donors (Lipinski definition) is 0. The molecule has 3 nitrogen and oxygen atoms in total. The van der Waals surface area contributed by atoms with Crippen LogP contribution in [0, 0.1) is 6.92 Å². The van der Waals surface area contributed by atoms with Crippen LogP contribution >= 0.6 is 0 Å². The molecule has 0 bridgehead atoms. The van der Waals surface area contributed by atoms with Crippen LogP contribution in [-0.2, 0) is 20.3 Å². The van der Waals surface area contributed by atoms with Crippen molar-refractivity contribution >= 4 is 10.8 Å². The lowest BCUT2D eigenvalue weighted by Crippen LogP contribution is -2.34. The van der Waals surface area contributed by atoms with Gasteiger partial charge in [0.2, 0.25) is 0 Å². The maximum Gasteiger partial charge on any atom is 0.178 e. The summed E-state index contributed by atoms with van der Waals surface area (Å²) in [5.74, 6) is -0.283. The Labute approximate surface area is 116 Å². The zero-order valence-corrected chi connectivity index (χ0v) is 12.2. The first-order valence-electron chi connectivity index (χ1n) is 6.86. The van der Waals surface area contributed by atoms with Gasteiger partial charge in [0, 0.05) is 4.90 Å². The van der Waals surface area contributed by atoms with E-state index in [0.29, 0.717) is 5.75 Å². The molecule has 4 atom stereocenters. The van der Waals surface area contributed by atoms with Crippen LogP contribution in [-0.4, -0.2) is 28.0 Å². The van der Waals surface area contributed by atoms with Crippen molar-refractivity contribution in [3.05, 3.63) is 29.8 Å². The average molecular weight is 280 g/mol. The van der Waals surface area contributed by atoms with Gasteiger partial charge in [0.1, 0.15) is 0 Å². The van der Waals surface area contributed by atoms with Crippen LogP contribution in [0.2, 0.25) is 0 Å². The molecule has 0 N–H and O–H groups in total. The normalized spacial score (nSPS) is 35.3. The van der Waals surface area contributed by atoms with Crippen molar-refractivity contribution < 1.29 is 13.7 Å². The van der Waals surface area contributed by atoms with Crippen LogP contribution in [0.25, 0.3) is 0 Å². The minimum atomic E-state index is -1.08. The third kappa shape index (κ3) is 2.76. The van der Waals surface area contributed by atoms with Crippen molar-refractivity contribution in [3.8, 4) is 0 Å². The summed E-state index contributed by atoms with van der Waals surface area (Å²) < 4.78 is 24.3. The van der Waals surface area contributed by atoms with E-state index >= 15 is 0 Å². The fraction of sp³-hybridized carbons (Fsp3) is 0.600. The lowest BCUT2D eigenvalue weighted by molar-refractivity contribution is -0.147. The molecule has 0 amide bonds. The van der Waals surface area contributed by atoms with E-state index in [1.54, 1.807) is 0 Å². The van der Waals surface area contributed by atoms with Gasteiger partial charge in [-0.05, 0) is 45.2 Å². The van der Waals surface area contributed by atoms with Crippen molar-refractivity contribution in [1.82, 2.24) is 0 Å². The molecule has 0 aromatic heterocycles. The lowest BCUT2D eigenvalue weighted by Gasteiger charge is -2.23. The molecule has 1 aromatic carbocycles. The molecule has 1 saturated carbocycles. The number of rotatable bonds is 3. The van der Waals surface area contributed by atoms with Crippen LogP contribution in [0.5, 0.6) is 0 Å². The Morgan fingerprint density at radius 3 is 2.37 bits per heavy atom. The van der Waals surface area contributed by atoms with Gasteiger partial charge in [-0.2, -0.15) is 0 Å². The SMILES string of the molecule is Cc1ccc([S@](=O)CC2(C)O[C@H]3CCC[C@H]3O2)cc1. The van der Waals surface area contributed by atoms with Crippen molar-refractivity contribution in [2.75, 3.05) is 5.75 Å². The topological polar surface area (TPSA) is 35.5 Å². The van der Waals surface area contributed by atoms with Crippen molar-refractivity contribution in [2.24, 2.45) is 0 Å². The Hall–Kier alpha value is -0.710. The molecular formula is C15H20O3S. The molecule has 0 spiro atoms. The fourth-order valence-corrected chi connectivity index (χ4v) is 4.13. The molecule has 19 heavy (non-hydrogen) atoms. The van der Waals surface area contributed by atoms with Crippen LogP contribution in [0.4, 0.5) is 0 Å². The fourth-order valence-electron chi connectivity index (χ4n) is 2.91. The highest BCUT2D eigenvalue weighted by Crippen LogP contribution is 2.38. The van der Waals surface area contributed by atoms with E-state index in [-0.39, 0.29) is 12.2 Å². The first-order chi connectivity index (χ1) is 9.06. The highest BCUT2D eigenvalue weighted by atomic mass is 32.2. The van der Waals surface area contributed by atoms with E-state index in [0.717, 1.165) is 17.7 Å². The Morgan fingerprint density at radius 2 is 1.79 bits per heavy atom. The molecule has 2 aliphatic rings. The average Bonchev–Trinajstić information content (AvgIpc) is 2.87. The first kappa shape index (κ1) is 13.3. The van der Waals surface area contributed by atoms with Crippen LogP contribution in [0.3, 0.4) is 0 Å². The summed E-state index contributed by atoms with van der Waals surface area (Å²) in [4.78, 5) is 0.844. The predicted octanol–water partition coefficient (Wildman–Crippen LogP) is 2.79. The van der Waals surface area contributed by atoms with Crippen LogP contribution in [0.15, 0.2) is 29.2 Å². The zero-order chi connectivity index (χ0) is 13.5. The number of benzene rings is 1. The van der Waals surface area contributed by atoms with Gasteiger partial charge in [-0.3, -0.25) is 4.21 Å². The van der Waals surface area contributed by atoms with E-state index < -0.39 is 16.6 Å². The second-order valence-electron chi connectivity index (χ2n) is 5.68. The molecule has 104 valence electrons. The highest BCUT2D eigenvalue weighted by molar-refractivity contribution is 7.85. The molecule has 3 rings (SSSR count). The Bertz CT molecular complexity index is 471. The molecule has 2 fully saturated rings. The second kappa shape index (κ2) is 5.00. The maximum atomic E-state index is 12.4. The van der Waals surface area contributed by atoms with E-state index in [1.165, 1.54) is 12.0 Å². The molecule has 1 aliphatic carbocycles. The summed E-state index contributed by atoms with van der Waals surface area (Å²) in [6.07, 6.45) is 3.72.